The first kappa shape index (κ1) is 11.2. The third kappa shape index (κ3) is 1.89. The Morgan fingerprint density at radius 3 is 2.84 bits per heavy atom. The fourth-order valence-electron chi connectivity index (χ4n) is 1.92. The number of hydrogen-bond acceptors (Lipinski definition) is 4. The van der Waals surface area contributed by atoms with Gasteiger partial charge in [-0.25, -0.2) is 14.3 Å². The molecule has 0 radical (unpaired) electrons. The minimum atomic E-state index is -1.08. The molecule has 0 aliphatic carbocycles. The zero-order valence-electron chi connectivity index (χ0n) is 9.82. The molecule has 2 aromatic heterocycles. The van der Waals surface area contributed by atoms with Gasteiger partial charge in [0.1, 0.15) is 0 Å². The Kier molecular flexibility index (Phi) is 2.42. The zero-order valence-corrected chi connectivity index (χ0v) is 9.82. The van der Waals surface area contributed by atoms with Crippen molar-refractivity contribution in [2.24, 2.45) is 0 Å². The van der Waals surface area contributed by atoms with E-state index in [2.05, 4.69) is 10.1 Å². The van der Waals surface area contributed by atoms with Gasteiger partial charge in [-0.15, -0.1) is 0 Å². The maximum atomic E-state index is 10.9. The Bertz CT molecular complexity index is 779. The summed E-state index contributed by atoms with van der Waals surface area (Å²) in [6.07, 6.45) is 1.61. The highest BCUT2D eigenvalue weighted by atomic mass is 16.4. The summed E-state index contributed by atoms with van der Waals surface area (Å²) in [5, 5.41) is 13.0. The Morgan fingerprint density at radius 2 is 2.11 bits per heavy atom. The van der Waals surface area contributed by atoms with Crippen molar-refractivity contribution in [1.29, 1.82) is 0 Å². The van der Waals surface area contributed by atoms with Crippen molar-refractivity contribution < 1.29 is 9.90 Å². The number of carbonyl (C=O) groups is 1. The topological polar surface area (TPSA) is 93.5 Å². The molecular formula is C13H10N4O2. The molecule has 3 N–H and O–H groups in total. The van der Waals surface area contributed by atoms with Crippen LogP contribution in [0.25, 0.3) is 16.9 Å². The number of rotatable bonds is 2. The molecule has 94 valence electrons. The smallest absolute Gasteiger partial charge is 0.356 e. The lowest BCUT2D eigenvalue weighted by molar-refractivity contribution is 0.0690. The first-order valence-electron chi connectivity index (χ1n) is 5.59. The second-order valence-corrected chi connectivity index (χ2v) is 4.06. The highest BCUT2D eigenvalue weighted by molar-refractivity contribution is 5.87. The highest BCUT2D eigenvalue weighted by Gasteiger charge is 2.12. The van der Waals surface area contributed by atoms with E-state index < -0.39 is 5.97 Å². The minimum Gasteiger partial charge on any atom is -0.476 e. The molecule has 0 fully saturated rings. The number of benzene rings is 1. The second-order valence-electron chi connectivity index (χ2n) is 4.06. The SMILES string of the molecule is Nc1cccc(-c2ccnc3cc(C(=O)O)nn23)c1. The molecule has 3 rings (SSSR count). The normalized spacial score (nSPS) is 10.7. The van der Waals surface area contributed by atoms with Crippen LogP contribution in [0.15, 0.2) is 42.6 Å². The summed E-state index contributed by atoms with van der Waals surface area (Å²) in [6, 6.07) is 10.5. The van der Waals surface area contributed by atoms with Crippen molar-refractivity contribution in [2.75, 3.05) is 5.73 Å². The van der Waals surface area contributed by atoms with E-state index in [0.29, 0.717) is 11.3 Å². The molecular weight excluding hydrogens is 244 g/mol. The number of hydrogen-bond donors (Lipinski definition) is 2. The van der Waals surface area contributed by atoms with E-state index in [4.69, 9.17) is 10.8 Å². The molecule has 0 aliphatic heterocycles. The van der Waals surface area contributed by atoms with Crippen LogP contribution in [0.5, 0.6) is 0 Å². The Balaban J connectivity index is 2.26. The van der Waals surface area contributed by atoms with Crippen LogP contribution in [0, 0.1) is 0 Å². The van der Waals surface area contributed by atoms with Gasteiger partial charge in [0, 0.05) is 23.5 Å². The van der Waals surface area contributed by atoms with E-state index in [1.165, 1.54) is 10.6 Å². The molecule has 0 spiro atoms. The molecule has 1 aromatic carbocycles. The Labute approximate surface area is 108 Å². The van der Waals surface area contributed by atoms with Crippen molar-refractivity contribution in [2.45, 2.75) is 0 Å². The average Bonchev–Trinajstić information content (AvgIpc) is 2.82. The van der Waals surface area contributed by atoms with Gasteiger partial charge in [0.25, 0.3) is 0 Å². The van der Waals surface area contributed by atoms with Crippen molar-refractivity contribution in [3.63, 3.8) is 0 Å². The van der Waals surface area contributed by atoms with Crippen LogP contribution >= 0.6 is 0 Å². The third-order valence-electron chi connectivity index (χ3n) is 2.76. The molecule has 0 atom stereocenters. The highest BCUT2D eigenvalue weighted by Crippen LogP contribution is 2.21. The molecule has 3 aromatic rings. The molecule has 19 heavy (non-hydrogen) atoms. The van der Waals surface area contributed by atoms with Gasteiger partial charge in [0.05, 0.1) is 5.69 Å². The standard InChI is InChI=1S/C13H10N4O2/c14-9-3-1-2-8(6-9)11-4-5-15-12-7-10(13(18)19)16-17(11)12/h1-7H,14H2,(H,18,19). The van der Waals surface area contributed by atoms with Crippen LogP contribution in [0.4, 0.5) is 5.69 Å². The van der Waals surface area contributed by atoms with Crippen LogP contribution in [-0.4, -0.2) is 25.7 Å². The summed E-state index contributed by atoms with van der Waals surface area (Å²) in [4.78, 5) is 15.0. The van der Waals surface area contributed by atoms with Gasteiger partial charge in [-0.3, -0.25) is 0 Å². The van der Waals surface area contributed by atoms with Gasteiger partial charge >= 0.3 is 5.97 Å². The summed E-state index contributed by atoms with van der Waals surface area (Å²) in [7, 11) is 0. The number of carboxylic acid groups (broad SMARTS) is 1. The van der Waals surface area contributed by atoms with Gasteiger partial charge < -0.3 is 10.8 Å². The number of anilines is 1. The van der Waals surface area contributed by atoms with E-state index in [0.717, 1.165) is 11.3 Å². The van der Waals surface area contributed by atoms with Gasteiger partial charge in [-0.2, -0.15) is 5.10 Å². The average molecular weight is 254 g/mol. The van der Waals surface area contributed by atoms with Crippen molar-refractivity contribution in [3.05, 3.63) is 48.3 Å². The summed E-state index contributed by atoms with van der Waals surface area (Å²) in [6.45, 7) is 0. The largest absolute Gasteiger partial charge is 0.476 e. The summed E-state index contributed by atoms with van der Waals surface area (Å²) in [5.41, 5.74) is 8.43. The van der Waals surface area contributed by atoms with Crippen LogP contribution in [0.2, 0.25) is 0 Å². The summed E-state index contributed by atoms with van der Waals surface area (Å²) >= 11 is 0. The third-order valence-corrected chi connectivity index (χ3v) is 2.76. The van der Waals surface area contributed by atoms with E-state index in [1.54, 1.807) is 24.4 Å². The molecule has 6 heteroatoms. The number of fused-ring (bicyclic) bond motifs is 1. The fraction of sp³-hybridized carbons (Fsp3) is 0. The monoisotopic (exact) mass is 254 g/mol. The Hall–Kier alpha value is -2.89. The lowest BCUT2D eigenvalue weighted by atomic mass is 10.1. The molecule has 0 saturated carbocycles. The lowest BCUT2D eigenvalue weighted by Crippen LogP contribution is -2.00. The number of nitrogens with zero attached hydrogens (tertiary/aromatic N) is 3. The van der Waals surface area contributed by atoms with E-state index in [9.17, 15) is 4.79 Å². The molecule has 0 unspecified atom stereocenters. The predicted molar refractivity (Wildman–Crippen MR) is 69.8 cm³/mol. The Morgan fingerprint density at radius 1 is 1.26 bits per heavy atom. The number of carboxylic acids is 1. The van der Waals surface area contributed by atoms with Gasteiger partial charge in [-0.1, -0.05) is 12.1 Å². The zero-order chi connectivity index (χ0) is 13.4. The molecule has 0 amide bonds. The first-order chi connectivity index (χ1) is 9.15. The van der Waals surface area contributed by atoms with Crippen LogP contribution < -0.4 is 5.73 Å². The van der Waals surface area contributed by atoms with Crippen LogP contribution in [0.1, 0.15) is 10.5 Å². The van der Waals surface area contributed by atoms with E-state index >= 15 is 0 Å². The predicted octanol–water partition coefficient (Wildman–Crippen LogP) is 1.68. The molecule has 0 bridgehead atoms. The maximum Gasteiger partial charge on any atom is 0.356 e. The summed E-state index contributed by atoms with van der Waals surface area (Å²) < 4.78 is 1.50. The van der Waals surface area contributed by atoms with Gasteiger partial charge in [-0.05, 0) is 18.2 Å². The molecule has 2 heterocycles. The van der Waals surface area contributed by atoms with Gasteiger partial charge in [0.2, 0.25) is 0 Å². The van der Waals surface area contributed by atoms with E-state index in [-0.39, 0.29) is 5.69 Å². The van der Waals surface area contributed by atoms with Crippen LogP contribution in [-0.2, 0) is 0 Å². The number of nitrogen functional groups attached to an aromatic ring is 1. The fourth-order valence-corrected chi connectivity index (χ4v) is 1.92. The number of aromatic nitrogens is 3. The van der Waals surface area contributed by atoms with E-state index in [1.807, 2.05) is 12.1 Å². The number of aromatic carboxylic acids is 1. The minimum absolute atomic E-state index is 0.0381. The van der Waals surface area contributed by atoms with Crippen molar-refractivity contribution >= 4 is 17.3 Å². The summed E-state index contributed by atoms with van der Waals surface area (Å²) in [5.74, 6) is -1.08. The van der Waals surface area contributed by atoms with Crippen molar-refractivity contribution in [3.8, 4) is 11.3 Å². The van der Waals surface area contributed by atoms with Crippen molar-refractivity contribution in [1.82, 2.24) is 14.6 Å². The second kappa shape index (κ2) is 4.09. The lowest BCUT2D eigenvalue weighted by Gasteiger charge is -2.04. The molecule has 6 nitrogen and oxygen atoms in total. The maximum absolute atomic E-state index is 10.9. The molecule has 0 aliphatic rings. The number of nitrogens with two attached hydrogens (primary N) is 1. The molecule has 0 saturated heterocycles. The first-order valence-corrected chi connectivity index (χ1v) is 5.59. The quantitative estimate of drug-likeness (QED) is 0.678. The van der Waals surface area contributed by atoms with Gasteiger partial charge in [0.15, 0.2) is 11.3 Å². The van der Waals surface area contributed by atoms with Crippen LogP contribution in [0.3, 0.4) is 0 Å².